The van der Waals surface area contributed by atoms with Gasteiger partial charge in [-0.05, 0) is 59.7 Å². The van der Waals surface area contributed by atoms with Crippen molar-refractivity contribution in [2.75, 3.05) is 24.0 Å². The van der Waals surface area contributed by atoms with Crippen LogP contribution in [0.5, 0.6) is 11.5 Å². The van der Waals surface area contributed by atoms with E-state index >= 15 is 0 Å². The van der Waals surface area contributed by atoms with Gasteiger partial charge in [-0.15, -0.1) is 0 Å². The first kappa shape index (κ1) is 26.7. The number of ketones is 2. The number of benzene rings is 4. The highest BCUT2D eigenvalue weighted by molar-refractivity contribution is 6.34. The van der Waals surface area contributed by atoms with Gasteiger partial charge in [0.25, 0.3) is 0 Å². The van der Waals surface area contributed by atoms with Crippen LogP contribution in [0.1, 0.15) is 31.8 Å². The lowest BCUT2D eigenvalue weighted by atomic mass is 10.1. The van der Waals surface area contributed by atoms with E-state index in [-0.39, 0.29) is 35.4 Å². The molecule has 0 aliphatic carbocycles. The second kappa shape index (κ2) is 10.8. The van der Waals surface area contributed by atoms with Crippen molar-refractivity contribution >= 4 is 34.8 Å². The fourth-order valence-electron chi connectivity index (χ4n) is 5.36. The molecule has 42 heavy (non-hydrogen) atoms. The molecule has 6 rings (SSSR count). The van der Waals surface area contributed by atoms with E-state index < -0.39 is 23.4 Å². The first-order chi connectivity index (χ1) is 20.4. The van der Waals surface area contributed by atoms with Crippen LogP contribution >= 0.6 is 0 Å². The van der Waals surface area contributed by atoms with E-state index in [2.05, 4.69) is 0 Å². The molecule has 0 aromatic heterocycles. The smallest absolute Gasteiger partial charge is 0.236 e. The summed E-state index contributed by atoms with van der Waals surface area (Å²) < 4.78 is 10.4. The number of rotatable bonds is 6. The predicted octanol–water partition coefficient (Wildman–Crippen LogP) is 5.16. The standard InChI is InChI=1S/C34H26N2O6/c1-41-23-15-11-21(12-16-23)19-29(37)35-27-9-5-3-7-25(27)33(39)31(35)32-34(40)26-8-4-6-10-28(26)36(32)30(38)20-22-13-17-24(42-2)18-14-22/h3-18H,19-20H2,1-2H3. The minimum atomic E-state index is -0.493. The molecule has 4 aromatic carbocycles. The fraction of sp³-hybridized carbons (Fsp3) is 0.118. The van der Waals surface area contributed by atoms with Crippen LogP contribution in [0.15, 0.2) is 108 Å². The van der Waals surface area contributed by atoms with E-state index in [1.807, 2.05) is 0 Å². The number of carbonyl (C=O) groups excluding carboxylic acids is 4. The van der Waals surface area contributed by atoms with Crippen molar-refractivity contribution in [3.05, 3.63) is 131 Å². The molecule has 4 aromatic rings. The topological polar surface area (TPSA) is 93.2 Å². The molecule has 0 spiro atoms. The quantitative estimate of drug-likeness (QED) is 0.304. The van der Waals surface area contributed by atoms with Gasteiger partial charge in [-0.1, -0.05) is 48.5 Å². The highest BCUT2D eigenvalue weighted by Gasteiger charge is 2.46. The molecule has 2 amide bonds. The van der Waals surface area contributed by atoms with Gasteiger partial charge >= 0.3 is 0 Å². The zero-order chi connectivity index (χ0) is 29.4. The van der Waals surface area contributed by atoms with Crippen molar-refractivity contribution in [3.8, 4) is 11.5 Å². The van der Waals surface area contributed by atoms with Crippen LogP contribution in [0.4, 0.5) is 11.4 Å². The lowest BCUT2D eigenvalue weighted by Gasteiger charge is -2.24. The monoisotopic (exact) mass is 558 g/mol. The van der Waals surface area contributed by atoms with Crippen molar-refractivity contribution in [3.63, 3.8) is 0 Å². The number of Topliss-reactive ketones (excluding diaryl/α,β-unsaturated/α-hetero) is 2. The number of fused-ring (bicyclic) bond motifs is 2. The van der Waals surface area contributed by atoms with Gasteiger partial charge in [0, 0.05) is 11.1 Å². The molecule has 0 unspecified atom stereocenters. The average Bonchev–Trinajstić information content (AvgIpc) is 3.48. The van der Waals surface area contributed by atoms with Gasteiger partial charge in [-0.3, -0.25) is 29.0 Å². The molecule has 0 bridgehead atoms. The summed E-state index contributed by atoms with van der Waals surface area (Å²) in [6.07, 6.45) is -0.0767. The summed E-state index contributed by atoms with van der Waals surface area (Å²) >= 11 is 0. The Hall–Kier alpha value is -5.50. The second-order valence-electron chi connectivity index (χ2n) is 9.90. The summed E-state index contributed by atoms with van der Waals surface area (Å²) in [5.41, 5.74) is 2.47. The van der Waals surface area contributed by atoms with Gasteiger partial charge in [0.15, 0.2) is 0 Å². The maximum atomic E-state index is 14.0. The number of hydrogen-bond acceptors (Lipinski definition) is 6. The van der Waals surface area contributed by atoms with Crippen LogP contribution in [0.3, 0.4) is 0 Å². The molecule has 0 radical (unpaired) electrons. The van der Waals surface area contributed by atoms with Crippen LogP contribution in [0, 0.1) is 0 Å². The zero-order valence-electron chi connectivity index (χ0n) is 23.0. The molecule has 0 fully saturated rings. The number of ether oxygens (including phenoxy) is 2. The van der Waals surface area contributed by atoms with Crippen molar-refractivity contribution in [1.29, 1.82) is 0 Å². The van der Waals surface area contributed by atoms with E-state index in [9.17, 15) is 19.2 Å². The summed E-state index contributed by atoms with van der Waals surface area (Å²) in [6.45, 7) is 0. The highest BCUT2D eigenvalue weighted by atomic mass is 16.5. The highest BCUT2D eigenvalue weighted by Crippen LogP contribution is 2.43. The lowest BCUT2D eigenvalue weighted by molar-refractivity contribution is -0.118. The number of anilines is 2. The van der Waals surface area contributed by atoms with Gasteiger partial charge < -0.3 is 9.47 Å². The van der Waals surface area contributed by atoms with Gasteiger partial charge in [-0.2, -0.15) is 0 Å². The first-order valence-corrected chi connectivity index (χ1v) is 13.3. The molecule has 0 N–H and O–H groups in total. The molecule has 0 saturated heterocycles. The predicted molar refractivity (Wildman–Crippen MR) is 157 cm³/mol. The Kier molecular flexibility index (Phi) is 6.88. The third-order valence-electron chi connectivity index (χ3n) is 7.41. The summed E-state index contributed by atoms with van der Waals surface area (Å²) in [6, 6.07) is 27.5. The summed E-state index contributed by atoms with van der Waals surface area (Å²) in [7, 11) is 3.12. The van der Waals surface area contributed by atoms with Crippen LogP contribution in [0.2, 0.25) is 0 Å². The van der Waals surface area contributed by atoms with Crippen LogP contribution in [0.25, 0.3) is 0 Å². The van der Waals surface area contributed by atoms with E-state index in [0.717, 1.165) is 0 Å². The number of nitrogens with zero attached hydrogens (tertiary/aromatic N) is 2. The Morgan fingerprint density at radius 3 is 1.26 bits per heavy atom. The molecule has 208 valence electrons. The maximum Gasteiger partial charge on any atom is 0.236 e. The van der Waals surface area contributed by atoms with Crippen LogP contribution in [-0.4, -0.2) is 37.6 Å². The van der Waals surface area contributed by atoms with Crippen molar-refractivity contribution in [2.24, 2.45) is 0 Å². The molecule has 0 atom stereocenters. The van der Waals surface area contributed by atoms with E-state index in [4.69, 9.17) is 9.47 Å². The van der Waals surface area contributed by atoms with E-state index in [1.165, 1.54) is 9.80 Å². The van der Waals surface area contributed by atoms with E-state index in [0.29, 0.717) is 34.0 Å². The van der Waals surface area contributed by atoms with Crippen molar-refractivity contribution in [1.82, 2.24) is 0 Å². The molecule has 2 heterocycles. The Morgan fingerprint density at radius 2 is 0.905 bits per heavy atom. The Morgan fingerprint density at radius 1 is 0.548 bits per heavy atom. The summed E-state index contributed by atoms with van der Waals surface area (Å²) in [5.74, 6) is -0.509. The molecule has 2 aliphatic rings. The molecular formula is C34H26N2O6. The second-order valence-corrected chi connectivity index (χ2v) is 9.90. The minimum Gasteiger partial charge on any atom is -0.497 e. The molecule has 8 heteroatoms. The fourth-order valence-corrected chi connectivity index (χ4v) is 5.36. The molecule has 2 aliphatic heterocycles. The maximum absolute atomic E-state index is 14.0. The Balaban J connectivity index is 1.46. The van der Waals surface area contributed by atoms with Gasteiger partial charge in [0.1, 0.15) is 22.9 Å². The number of allylic oxidation sites excluding steroid dienone is 2. The first-order valence-electron chi connectivity index (χ1n) is 13.3. The summed E-state index contributed by atoms with van der Waals surface area (Å²) in [4.78, 5) is 58.4. The van der Waals surface area contributed by atoms with Crippen molar-refractivity contribution < 1.29 is 28.7 Å². The minimum absolute atomic E-state index is 0.0384. The SMILES string of the molecule is COc1ccc(CC(=O)N2C(=C3C(=O)c4ccccc4N3C(=O)Cc3ccc(OC)cc3)C(=O)c3ccccc32)cc1. The number of amides is 2. The summed E-state index contributed by atoms with van der Waals surface area (Å²) in [5, 5.41) is 0. The van der Waals surface area contributed by atoms with E-state index in [1.54, 1.807) is 111 Å². The zero-order valence-corrected chi connectivity index (χ0v) is 23.0. The Labute approximate surface area is 242 Å². The van der Waals surface area contributed by atoms with Gasteiger partial charge in [-0.25, -0.2) is 0 Å². The van der Waals surface area contributed by atoms with Crippen LogP contribution < -0.4 is 19.3 Å². The largest absolute Gasteiger partial charge is 0.497 e. The third-order valence-corrected chi connectivity index (χ3v) is 7.41. The van der Waals surface area contributed by atoms with Gasteiger partial charge in [0.2, 0.25) is 23.4 Å². The van der Waals surface area contributed by atoms with Gasteiger partial charge in [0.05, 0.1) is 38.4 Å². The third kappa shape index (κ3) is 4.53. The lowest BCUT2D eigenvalue weighted by Crippen LogP contribution is -2.37. The normalized spacial score (nSPS) is 15.5. The van der Waals surface area contributed by atoms with Crippen LogP contribution in [-0.2, 0) is 22.4 Å². The Bertz CT molecular complexity index is 1640. The number of methoxy groups -OCH3 is 2. The van der Waals surface area contributed by atoms with Crippen molar-refractivity contribution in [2.45, 2.75) is 12.8 Å². The number of para-hydroxylation sites is 2. The molecule has 8 nitrogen and oxygen atoms in total. The number of carbonyl (C=O) groups is 4. The molecule has 0 saturated carbocycles. The average molecular weight is 559 g/mol. The number of hydrogen-bond donors (Lipinski definition) is 0. The molecular weight excluding hydrogens is 532 g/mol.